The van der Waals surface area contributed by atoms with Gasteiger partial charge in [-0.25, -0.2) is 14.4 Å². The molecular formula is C21H21FN4O3. The number of rotatable bonds is 9. The van der Waals surface area contributed by atoms with Crippen molar-refractivity contribution in [3.05, 3.63) is 78.0 Å². The van der Waals surface area contributed by atoms with Crippen molar-refractivity contribution in [3.8, 4) is 11.5 Å². The largest absolute Gasteiger partial charge is 0.497 e. The van der Waals surface area contributed by atoms with Gasteiger partial charge in [-0.3, -0.25) is 4.79 Å². The van der Waals surface area contributed by atoms with E-state index in [0.717, 1.165) is 11.5 Å². The van der Waals surface area contributed by atoms with Gasteiger partial charge in [-0.15, -0.1) is 0 Å². The number of hydrogen-bond donors (Lipinski definition) is 2. The molecule has 0 aliphatic heterocycles. The molecule has 0 radical (unpaired) electrons. The van der Waals surface area contributed by atoms with Crippen LogP contribution in [0, 0.1) is 5.82 Å². The number of benzene rings is 2. The zero-order valence-corrected chi connectivity index (χ0v) is 15.9. The van der Waals surface area contributed by atoms with Gasteiger partial charge in [-0.05, 0) is 30.3 Å². The molecule has 29 heavy (non-hydrogen) atoms. The number of anilines is 1. The number of nitrogens with zero attached hydrogens (tertiary/aromatic N) is 2. The highest BCUT2D eigenvalue weighted by Gasteiger charge is 2.10. The molecule has 0 bridgehead atoms. The maximum Gasteiger partial charge on any atom is 0.270 e. The van der Waals surface area contributed by atoms with Gasteiger partial charge in [0, 0.05) is 18.2 Å². The Bertz CT molecular complexity index is 951. The topological polar surface area (TPSA) is 85.4 Å². The molecule has 8 heteroatoms. The summed E-state index contributed by atoms with van der Waals surface area (Å²) in [6.45, 7) is 0.971. The minimum absolute atomic E-state index is 0.0774. The maximum atomic E-state index is 13.6. The summed E-state index contributed by atoms with van der Waals surface area (Å²) >= 11 is 0. The Labute approximate surface area is 167 Å². The first kappa shape index (κ1) is 20.1. The summed E-state index contributed by atoms with van der Waals surface area (Å²) in [6, 6.07) is 15.1. The number of ether oxygens (including phenoxy) is 2. The second kappa shape index (κ2) is 10.0. The molecule has 0 saturated heterocycles. The van der Waals surface area contributed by atoms with Crippen molar-refractivity contribution in [2.45, 2.75) is 6.54 Å². The minimum Gasteiger partial charge on any atom is -0.497 e. The summed E-state index contributed by atoms with van der Waals surface area (Å²) in [5.41, 5.74) is 0.596. The smallest absolute Gasteiger partial charge is 0.270 e. The Hall–Kier alpha value is -3.68. The molecule has 0 saturated carbocycles. The highest BCUT2D eigenvalue weighted by atomic mass is 19.1. The average Bonchev–Trinajstić information content (AvgIpc) is 2.76. The third kappa shape index (κ3) is 5.90. The maximum absolute atomic E-state index is 13.6. The van der Waals surface area contributed by atoms with Crippen LogP contribution in [0.5, 0.6) is 11.5 Å². The molecule has 1 heterocycles. The van der Waals surface area contributed by atoms with Gasteiger partial charge < -0.3 is 20.1 Å². The standard InChI is InChI=1S/C21H21FN4O3/c1-28-16-6-8-17(9-7-16)29-11-10-23-20-12-19(25-14-26-20)21(27)24-13-15-4-2-3-5-18(15)22/h2-9,12,14H,10-11,13H2,1H3,(H,24,27)(H,23,25,26). The molecule has 1 amide bonds. The lowest BCUT2D eigenvalue weighted by Crippen LogP contribution is -2.24. The Balaban J connectivity index is 1.47. The van der Waals surface area contributed by atoms with E-state index in [1.165, 1.54) is 18.5 Å². The number of amides is 1. The van der Waals surface area contributed by atoms with Crippen LogP contribution in [-0.4, -0.2) is 36.1 Å². The quantitative estimate of drug-likeness (QED) is 0.541. The number of carbonyl (C=O) groups is 1. The van der Waals surface area contributed by atoms with Crippen molar-refractivity contribution in [3.63, 3.8) is 0 Å². The monoisotopic (exact) mass is 396 g/mol. The number of carbonyl (C=O) groups excluding carboxylic acids is 1. The van der Waals surface area contributed by atoms with Gasteiger partial charge in [0.05, 0.1) is 13.7 Å². The van der Waals surface area contributed by atoms with Gasteiger partial charge >= 0.3 is 0 Å². The van der Waals surface area contributed by atoms with E-state index in [-0.39, 0.29) is 18.1 Å². The fourth-order valence-corrected chi connectivity index (χ4v) is 2.51. The molecule has 0 fully saturated rings. The molecule has 0 spiro atoms. The van der Waals surface area contributed by atoms with E-state index >= 15 is 0 Å². The highest BCUT2D eigenvalue weighted by Crippen LogP contribution is 2.16. The minimum atomic E-state index is -0.409. The van der Waals surface area contributed by atoms with Crippen molar-refractivity contribution < 1.29 is 18.7 Å². The number of hydrogen-bond acceptors (Lipinski definition) is 6. The molecule has 0 unspecified atom stereocenters. The first-order chi connectivity index (χ1) is 14.2. The van der Waals surface area contributed by atoms with Crippen LogP contribution < -0.4 is 20.1 Å². The van der Waals surface area contributed by atoms with Gasteiger partial charge in [-0.1, -0.05) is 18.2 Å². The van der Waals surface area contributed by atoms with Crippen LogP contribution in [0.1, 0.15) is 16.1 Å². The zero-order valence-electron chi connectivity index (χ0n) is 15.9. The van der Waals surface area contributed by atoms with Crippen molar-refractivity contribution in [2.75, 3.05) is 25.6 Å². The molecule has 3 aromatic rings. The van der Waals surface area contributed by atoms with Gasteiger partial charge in [-0.2, -0.15) is 0 Å². The van der Waals surface area contributed by atoms with Crippen LogP contribution in [0.2, 0.25) is 0 Å². The van der Waals surface area contributed by atoms with Crippen LogP contribution in [0.15, 0.2) is 60.9 Å². The number of methoxy groups -OCH3 is 1. The van der Waals surface area contributed by atoms with Crippen molar-refractivity contribution in [2.24, 2.45) is 0 Å². The van der Waals surface area contributed by atoms with E-state index in [4.69, 9.17) is 9.47 Å². The van der Waals surface area contributed by atoms with Gasteiger partial charge in [0.2, 0.25) is 0 Å². The van der Waals surface area contributed by atoms with Crippen molar-refractivity contribution >= 4 is 11.7 Å². The zero-order chi connectivity index (χ0) is 20.5. The molecule has 7 nitrogen and oxygen atoms in total. The number of aromatic nitrogens is 2. The van der Waals surface area contributed by atoms with Gasteiger partial charge in [0.25, 0.3) is 5.91 Å². The first-order valence-corrected chi connectivity index (χ1v) is 9.00. The summed E-state index contributed by atoms with van der Waals surface area (Å²) < 4.78 is 24.4. The normalized spacial score (nSPS) is 10.3. The van der Waals surface area contributed by atoms with Crippen LogP contribution in [0.3, 0.4) is 0 Å². The highest BCUT2D eigenvalue weighted by molar-refractivity contribution is 5.92. The summed E-state index contributed by atoms with van der Waals surface area (Å²) in [7, 11) is 1.61. The van der Waals surface area contributed by atoms with Crippen molar-refractivity contribution in [1.29, 1.82) is 0 Å². The third-order valence-corrected chi connectivity index (χ3v) is 4.03. The Kier molecular flexibility index (Phi) is 6.94. The molecule has 0 atom stereocenters. The van der Waals surface area contributed by atoms with E-state index in [2.05, 4.69) is 20.6 Å². The van der Waals surface area contributed by atoms with Gasteiger partial charge in [0.15, 0.2) is 0 Å². The van der Waals surface area contributed by atoms with Crippen LogP contribution >= 0.6 is 0 Å². The number of halogens is 1. The van der Waals surface area contributed by atoms with E-state index < -0.39 is 5.91 Å². The lowest BCUT2D eigenvalue weighted by Gasteiger charge is -2.09. The Morgan fingerprint density at radius 1 is 1.07 bits per heavy atom. The van der Waals surface area contributed by atoms with Crippen molar-refractivity contribution in [1.82, 2.24) is 15.3 Å². The molecule has 0 aliphatic rings. The molecular weight excluding hydrogens is 375 g/mol. The molecule has 2 aromatic carbocycles. The Morgan fingerprint density at radius 3 is 2.59 bits per heavy atom. The molecule has 0 aliphatic carbocycles. The summed E-state index contributed by atoms with van der Waals surface area (Å²) in [5, 5.41) is 5.72. The second-order valence-corrected chi connectivity index (χ2v) is 6.01. The van der Waals surface area contributed by atoms with E-state index in [1.54, 1.807) is 25.3 Å². The predicted molar refractivity (Wildman–Crippen MR) is 107 cm³/mol. The third-order valence-electron chi connectivity index (χ3n) is 4.03. The predicted octanol–water partition coefficient (Wildman–Crippen LogP) is 3.05. The SMILES string of the molecule is COc1ccc(OCCNc2cc(C(=O)NCc3ccccc3F)ncn2)cc1. The summed E-state index contributed by atoms with van der Waals surface area (Å²) in [5.74, 6) is 1.21. The van der Waals surface area contributed by atoms with E-state index in [9.17, 15) is 9.18 Å². The van der Waals surface area contributed by atoms with Gasteiger partial charge in [0.1, 0.15) is 41.8 Å². The van der Waals surface area contributed by atoms with Crippen LogP contribution in [-0.2, 0) is 6.54 Å². The summed E-state index contributed by atoms with van der Waals surface area (Å²) in [6.07, 6.45) is 1.30. The summed E-state index contributed by atoms with van der Waals surface area (Å²) in [4.78, 5) is 20.3. The Morgan fingerprint density at radius 2 is 1.83 bits per heavy atom. The molecule has 1 aromatic heterocycles. The fraction of sp³-hybridized carbons (Fsp3) is 0.190. The molecule has 150 valence electrons. The average molecular weight is 396 g/mol. The first-order valence-electron chi connectivity index (χ1n) is 9.00. The fourth-order valence-electron chi connectivity index (χ4n) is 2.51. The lowest BCUT2D eigenvalue weighted by atomic mass is 10.2. The van der Waals surface area contributed by atoms with Crippen LogP contribution in [0.25, 0.3) is 0 Å². The van der Waals surface area contributed by atoms with E-state index in [0.29, 0.717) is 24.5 Å². The second-order valence-electron chi connectivity index (χ2n) is 6.01. The van der Waals surface area contributed by atoms with Crippen LogP contribution in [0.4, 0.5) is 10.2 Å². The molecule has 2 N–H and O–H groups in total. The lowest BCUT2D eigenvalue weighted by molar-refractivity contribution is 0.0945. The number of nitrogens with one attached hydrogen (secondary N) is 2. The van der Waals surface area contributed by atoms with E-state index in [1.807, 2.05) is 24.3 Å². The molecule has 3 rings (SSSR count).